The van der Waals surface area contributed by atoms with Gasteiger partial charge in [-0.1, -0.05) is 6.92 Å². The molecule has 0 radical (unpaired) electrons. The van der Waals surface area contributed by atoms with Crippen LogP contribution in [0, 0.1) is 17.2 Å². The molecule has 0 aromatic carbocycles. The average molecular weight is 253 g/mol. The van der Waals surface area contributed by atoms with Gasteiger partial charge in [-0.05, 0) is 18.8 Å². The Kier molecular flexibility index (Phi) is 7.75. The van der Waals surface area contributed by atoms with Crippen molar-refractivity contribution in [2.24, 2.45) is 5.92 Å². The van der Waals surface area contributed by atoms with E-state index < -0.39 is 10.0 Å². The van der Waals surface area contributed by atoms with E-state index in [0.29, 0.717) is 25.3 Å². The van der Waals surface area contributed by atoms with Gasteiger partial charge >= 0.3 is 0 Å². The van der Waals surface area contributed by atoms with Crippen molar-refractivity contribution in [3.05, 3.63) is 0 Å². The highest BCUT2D eigenvalue weighted by Gasteiger charge is 2.13. The number of alkyl halides is 1. The van der Waals surface area contributed by atoms with Gasteiger partial charge in [-0.15, -0.1) is 11.6 Å². The summed E-state index contributed by atoms with van der Waals surface area (Å²) >= 11 is 5.53. The minimum atomic E-state index is -3.20. The third-order valence-corrected chi connectivity index (χ3v) is 3.98. The predicted molar refractivity (Wildman–Crippen MR) is 61.1 cm³/mol. The van der Waals surface area contributed by atoms with Gasteiger partial charge in [0.2, 0.25) is 10.0 Å². The molecule has 1 atom stereocenters. The van der Waals surface area contributed by atoms with Gasteiger partial charge in [-0.2, -0.15) is 5.26 Å². The normalized spacial score (nSPS) is 13.4. The van der Waals surface area contributed by atoms with Crippen molar-refractivity contribution in [2.45, 2.75) is 26.2 Å². The van der Waals surface area contributed by atoms with Gasteiger partial charge < -0.3 is 0 Å². The molecule has 1 N–H and O–H groups in total. The zero-order valence-electron chi connectivity index (χ0n) is 8.87. The predicted octanol–water partition coefficient (Wildman–Crippen LogP) is 1.47. The van der Waals surface area contributed by atoms with Crippen LogP contribution in [0.25, 0.3) is 0 Å². The fraction of sp³-hybridized carbons (Fsp3) is 0.889. The largest absolute Gasteiger partial charge is 0.215 e. The molecule has 1 unspecified atom stereocenters. The summed E-state index contributed by atoms with van der Waals surface area (Å²) in [5.74, 6) is 0.368. The first-order chi connectivity index (χ1) is 7.02. The lowest BCUT2D eigenvalue weighted by Crippen LogP contribution is -2.30. The molecule has 6 heteroatoms. The lowest BCUT2D eigenvalue weighted by Gasteiger charge is -2.09. The number of nitriles is 1. The first kappa shape index (κ1) is 14.7. The second-order valence-corrected chi connectivity index (χ2v) is 5.71. The third-order valence-electron chi connectivity index (χ3n) is 1.80. The van der Waals surface area contributed by atoms with Crippen molar-refractivity contribution in [2.75, 3.05) is 18.2 Å². The number of nitrogens with one attached hydrogen (secondary N) is 1. The van der Waals surface area contributed by atoms with Crippen LogP contribution >= 0.6 is 11.6 Å². The second kappa shape index (κ2) is 7.91. The summed E-state index contributed by atoms with van der Waals surface area (Å²) in [6.07, 6.45) is 1.89. The van der Waals surface area contributed by atoms with Crippen LogP contribution in [-0.2, 0) is 10.0 Å². The molecule has 0 aromatic rings. The van der Waals surface area contributed by atoms with Gasteiger partial charge in [0.25, 0.3) is 0 Å². The Bertz CT molecular complexity index is 298. The topological polar surface area (TPSA) is 70.0 Å². The first-order valence-electron chi connectivity index (χ1n) is 4.92. The molecule has 0 spiro atoms. The molecule has 15 heavy (non-hydrogen) atoms. The number of nitrogens with zero attached hydrogens (tertiary/aromatic N) is 1. The van der Waals surface area contributed by atoms with Crippen LogP contribution in [0.15, 0.2) is 0 Å². The molecule has 0 saturated heterocycles. The van der Waals surface area contributed by atoms with Crippen molar-refractivity contribution in [1.29, 1.82) is 5.26 Å². The molecule has 0 aliphatic heterocycles. The summed E-state index contributed by atoms with van der Waals surface area (Å²) in [6, 6.07) is 2.01. The van der Waals surface area contributed by atoms with E-state index in [-0.39, 0.29) is 11.7 Å². The fourth-order valence-electron chi connectivity index (χ4n) is 1.03. The molecule has 0 saturated carbocycles. The number of sulfonamides is 1. The van der Waals surface area contributed by atoms with E-state index in [9.17, 15) is 8.42 Å². The SMILES string of the molecule is CC(CCl)CS(=O)(=O)NCCCCC#N. The summed E-state index contributed by atoms with van der Waals surface area (Å²) < 4.78 is 25.3. The van der Waals surface area contributed by atoms with Crippen LogP contribution in [0.3, 0.4) is 0 Å². The van der Waals surface area contributed by atoms with Gasteiger partial charge in [0.1, 0.15) is 0 Å². The minimum absolute atomic E-state index is 0.0386. The maximum atomic E-state index is 11.4. The maximum absolute atomic E-state index is 11.4. The minimum Gasteiger partial charge on any atom is -0.215 e. The zero-order chi connectivity index (χ0) is 11.7. The van der Waals surface area contributed by atoms with Crippen molar-refractivity contribution >= 4 is 21.6 Å². The van der Waals surface area contributed by atoms with E-state index >= 15 is 0 Å². The molecule has 0 aliphatic carbocycles. The van der Waals surface area contributed by atoms with E-state index in [1.54, 1.807) is 6.92 Å². The smallest absolute Gasteiger partial charge is 0.211 e. The number of hydrogen-bond donors (Lipinski definition) is 1. The molecule has 0 aliphatic rings. The quantitative estimate of drug-likeness (QED) is 0.525. The van der Waals surface area contributed by atoms with E-state index in [4.69, 9.17) is 16.9 Å². The molecular formula is C9H17ClN2O2S. The second-order valence-electron chi connectivity index (χ2n) is 3.55. The summed E-state index contributed by atoms with van der Waals surface area (Å²) in [6.45, 7) is 2.20. The average Bonchev–Trinajstić information content (AvgIpc) is 2.16. The van der Waals surface area contributed by atoms with Crippen LogP contribution < -0.4 is 4.72 Å². The zero-order valence-corrected chi connectivity index (χ0v) is 10.4. The molecule has 0 amide bonds. The standard InChI is InChI=1S/C9H17ClN2O2S/c1-9(7-10)8-15(13,14)12-6-4-2-3-5-11/h9,12H,2-4,6-8H2,1H3. The van der Waals surface area contributed by atoms with Crippen LogP contribution in [0.5, 0.6) is 0 Å². The Morgan fingerprint density at radius 3 is 2.67 bits per heavy atom. The number of halogens is 1. The first-order valence-corrected chi connectivity index (χ1v) is 7.10. The van der Waals surface area contributed by atoms with Crippen LogP contribution in [0.1, 0.15) is 26.2 Å². The Morgan fingerprint density at radius 2 is 2.13 bits per heavy atom. The lowest BCUT2D eigenvalue weighted by molar-refractivity contribution is 0.565. The Morgan fingerprint density at radius 1 is 1.47 bits per heavy atom. The highest BCUT2D eigenvalue weighted by molar-refractivity contribution is 7.89. The van der Waals surface area contributed by atoms with E-state index in [1.807, 2.05) is 6.07 Å². The molecule has 88 valence electrons. The number of hydrogen-bond acceptors (Lipinski definition) is 3. The Balaban J connectivity index is 3.71. The van der Waals surface area contributed by atoms with Crippen LogP contribution in [0.4, 0.5) is 0 Å². The van der Waals surface area contributed by atoms with Crippen molar-refractivity contribution in [1.82, 2.24) is 4.72 Å². The highest BCUT2D eigenvalue weighted by Crippen LogP contribution is 2.02. The number of rotatable bonds is 8. The third kappa shape index (κ3) is 8.67. The monoisotopic (exact) mass is 252 g/mol. The van der Waals surface area contributed by atoms with Gasteiger partial charge in [-0.25, -0.2) is 13.1 Å². The highest BCUT2D eigenvalue weighted by atomic mass is 35.5. The summed E-state index contributed by atoms with van der Waals surface area (Å²) in [7, 11) is -3.20. The number of unbranched alkanes of at least 4 members (excludes halogenated alkanes) is 2. The fourth-order valence-corrected chi connectivity index (χ4v) is 2.71. The van der Waals surface area contributed by atoms with Gasteiger partial charge in [0.05, 0.1) is 11.8 Å². The molecule has 0 bridgehead atoms. The van der Waals surface area contributed by atoms with Crippen LogP contribution in [-0.4, -0.2) is 26.6 Å². The molecule has 0 heterocycles. The van der Waals surface area contributed by atoms with Crippen molar-refractivity contribution in [3.8, 4) is 6.07 Å². The Hall–Kier alpha value is -0.310. The summed E-state index contributed by atoms with van der Waals surface area (Å²) in [5, 5.41) is 8.27. The molecular weight excluding hydrogens is 236 g/mol. The van der Waals surface area contributed by atoms with E-state index in [1.165, 1.54) is 0 Å². The molecule has 0 aromatic heterocycles. The van der Waals surface area contributed by atoms with Gasteiger partial charge in [0, 0.05) is 18.8 Å². The summed E-state index contributed by atoms with van der Waals surface area (Å²) in [4.78, 5) is 0. The van der Waals surface area contributed by atoms with Crippen molar-refractivity contribution in [3.63, 3.8) is 0 Å². The lowest BCUT2D eigenvalue weighted by atomic mass is 10.2. The maximum Gasteiger partial charge on any atom is 0.211 e. The van der Waals surface area contributed by atoms with Crippen LogP contribution in [0.2, 0.25) is 0 Å². The van der Waals surface area contributed by atoms with Gasteiger partial charge in [0.15, 0.2) is 0 Å². The van der Waals surface area contributed by atoms with E-state index in [2.05, 4.69) is 4.72 Å². The molecule has 4 nitrogen and oxygen atoms in total. The summed E-state index contributed by atoms with van der Waals surface area (Å²) in [5.41, 5.74) is 0. The molecule has 0 rings (SSSR count). The molecule has 0 fully saturated rings. The Labute approximate surface area is 96.7 Å². The van der Waals surface area contributed by atoms with Crippen molar-refractivity contribution < 1.29 is 8.42 Å². The van der Waals surface area contributed by atoms with Gasteiger partial charge in [-0.3, -0.25) is 0 Å². The van der Waals surface area contributed by atoms with E-state index in [0.717, 1.165) is 6.42 Å².